The Morgan fingerprint density at radius 3 is 2.70 bits per heavy atom. The maximum absolute atomic E-state index is 12.1. The van der Waals surface area contributed by atoms with Crippen molar-refractivity contribution in [1.29, 1.82) is 0 Å². The van der Waals surface area contributed by atoms with Crippen LogP contribution in [0.3, 0.4) is 0 Å². The highest BCUT2D eigenvalue weighted by atomic mass is 16.2. The smallest absolute Gasteiger partial charge is 0.251 e. The van der Waals surface area contributed by atoms with Crippen LogP contribution < -0.4 is 16.0 Å². The first-order chi connectivity index (χ1) is 9.28. The van der Waals surface area contributed by atoms with E-state index >= 15 is 0 Å². The lowest BCUT2D eigenvalue weighted by atomic mass is 10.1. The summed E-state index contributed by atoms with van der Waals surface area (Å²) < 4.78 is 0. The minimum Gasteiger partial charge on any atom is -0.350 e. The molecule has 1 aromatic carbocycles. The van der Waals surface area contributed by atoms with Crippen molar-refractivity contribution in [2.45, 2.75) is 32.7 Å². The Morgan fingerprint density at radius 1 is 1.40 bits per heavy atom. The van der Waals surface area contributed by atoms with Gasteiger partial charge in [0.25, 0.3) is 5.91 Å². The van der Waals surface area contributed by atoms with E-state index in [0.717, 1.165) is 17.7 Å². The molecule has 0 radical (unpaired) electrons. The van der Waals surface area contributed by atoms with Crippen LogP contribution >= 0.6 is 0 Å². The van der Waals surface area contributed by atoms with Crippen LogP contribution in [0.1, 0.15) is 36.7 Å². The van der Waals surface area contributed by atoms with Crippen molar-refractivity contribution in [2.75, 3.05) is 18.0 Å². The number of rotatable bonds is 3. The largest absolute Gasteiger partial charge is 0.350 e. The highest BCUT2D eigenvalue weighted by Crippen LogP contribution is 2.28. The van der Waals surface area contributed by atoms with E-state index in [1.807, 2.05) is 26.0 Å². The number of hydrogen-bond donors (Lipinski definition) is 2. The lowest BCUT2D eigenvalue weighted by Crippen LogP contribution is -2.45. The van der Waals surface area contributed by atoms with Crippen molar-refractivity contribution >= 4 is 17.5 Å². The number of benzene rings is 1. The molecule has 2 amide bonds. The first-order valence-electron chi connectivity index (χ1n) is 6.76. The highest BCUT2D eigenvalue weighted by Gasteiger charge is 2.23. The quantitative estimate of drug-likeness (QED) is 0.866. The zero-order valence-electron chi connectivity index (χ0n) is 12.2. The molecule has 5 nitrogen and oxygen atoms in total. The standard InChI is InChI=1S/C15H21N3O2/c1-10(19)18-7-6-11-8-12(4-5-13(11)18)14(20)17-9-15(2,3)16/h4-5,8H,6-7,9,16H2,1-3H3,(H,17,20). The number of nitrogens with zero attached hydrogens (tertiary/aromatic N) is 1. The molecule has 108 valence electrons. The Bertz CT molecular complexity index is 547. The molecular weight excluding hydrogens is 254 g/mol. The number of nitrogens with one attached hydrogen (secondary N) is 1. The summed E-state index contributed by atoms with van der Waals surface area (Å²) in [5.74, 6) is -0.0987. The van der Waals surface area contributed by atoms with E-state index in [0.29, 0.717) is 18.7 Å². The van der Waals surface area contributed by atoms with Gasteiger partial charge >= 0.3 is 0 Å². The average molecular weight is 275 g/mol. The molecule has 0 saturated heterocycles. The number of nitrogens with two attached hydrogens (primary N) is 1. The minimum atomic E-state index is -0.433. The molecule has 5 heteroatoms. The van der Waals surface area contributed by atoms with Crippen LogP contribution in [0, 0.1) is 0 Å². The van der Waals surface area contributed by atoms with Crippen molar-refractivity contribution in [3.05, 3.63) is 29.3 Å². The van der Waals surface area contributed by atoms with Crippen LogP contribution in [0.4, 0.5) is 5.69 Å². The molecule has 0 aliphatic carbocycles. The molecule has 1 aromatic rings. The second kappa shape index (κ2) is 5.25. The van der Waals surface area contributed by atoms with Crippen molar-refractivity contribution in [1.82, 2.24) is 5.32 Å². The van der Waals surface area contributed by atoms with Gasteiger partial charge in [0.1, 0.15) is 0 Å². The maximum Gasteiger partial charge on any atom is 0.251 e. The van der Waals surface area contributed by atoms with Crippen molar-refractivity contribution in [2.24, 2.45) is 5.73 Å². The molecule has 3 N–H and O–H groups in total. The zero-order chi connectivity index (χ0) is 14.9. The fraction of sp³-hybridized carbons (Fsp3) is 0.467. The molecule has 1 aliphatic rings. The third-order valence-corrected chi connectivity index (χ3v) is 3.32. The summed E-state index contributed by atoms with van der Waals surface area (Å²) >= 11 is 0. The van der Waals surface area contributed by atoms with E-state index in [9.17, 15) is 9.59 Å². The van der Waals surface area contributed by atoms with Crippen LogP contribution in [0.25, 0.3) is 0 Å². The Labute approximate surface area is 119 Å². The Morgan fingerprint density at radius 2 is 2.10 bits per heavy atom. The van der Waals surface area contributed by atoms with Gasteiger partial charge in [0, 0.05) is 36.8 Å². The second-order valence-electron chi connectivity index (χ2n) is 5.94. The number of hydrogen-bond acceptors (Lipinski definition) is 3. The van der Waals surface area contributed by atoms with Crippen LogP contribution in [-0.4, -0.2) is 30.4 Å². The molecule has 0 spiro atoms. The van der Waals surface area contributed by atoms with Crippen LogP contribution in [-0.2, 0) is 11.2 Å². The molecule has 0 fully saturated rings. The van der Waals surface area contributed by atoms with Gasteiger partial charge in [-0.15, -0.1) is 0 Å². The van der Waals surface area contributed by atoms with Gasteiger partial charge in [-0.3, -0.25) is 9.59 Å². The second-order valence-corrected chi connectivity index (χ2v) is 5.94. The maximum atomic E-state index is 12.1. The van der Waals surface area contributed by atoms with Crippen LogP contribution in [0.2, 0.25) is 0 Å². The summed E-state index contributed by atoms with van der Waals surface area (Å²) in [7, 11) is 0. The topological polar surface area (TPSA) is 75.4 Å². The minimum absolute atomic E-state index is 0.0332. The van der Waals surface area contributed by atoms with Gasteiger partial charge in [-0.25, -0.2) is 0 Å². The van der Waals surface area contributed by atoms with E-state index in [4.69, 9.17) is 5.73 Å². The van der Waals surface area contributed by atoms with Gasteiger partial charge in [-0.05, 0) is 44.0 Å². The number of fused-ring (bicyclic) bond motifs is 1. The first-order valence-corrected chi connectivity index (χ1v) is 6.76. The number of carbonyl (C=O) groups excluding carboxylic acids is 2. The molecule has 0 bridgehead atoms. The number of carbonyl (C=O) groups is 2. The predicted octanol–water partition coefficient (Wildman–Crippen LogP) is 1.06. The lowest BCUT2D eigenvalue weighted by molar-refractivity contribution is -0.116. The summed E-state index contributed by atoms with van der Waals surface area (Å²) in [6.45, 7) is 6.38. The van der Waals surface area contributed by atoms with Gasteiger partial charge in [-0.1, -0.05) is 0 Å². The summed E-state index contributed by atoms with van der Waals surface area (Å²) in [4.78, 5) is 25.3. The molecule has 2 rings (SSSR count). The van der Waals surface area contributed by atoms with E-state index < -0.39 is 5.54 Å². The fourth-order valence-electron chi connectivity index (χ4n) is 2.28. The van der Waals surface area contributed by atoms with Gasteiger partial charge in [0.2, 0.25) is 5.91 Å². The van der Waals surface area contributed by atoms with E-state index in [1.165, 1.54) is 0 Å². The van der Waals surface area contributed by atoms with Crippen molar-refractivity contribution < 1.29 is 9.59 Å². The molecule has 0 aromatic heterocycles. The molecular formula is C15H21N3O2. The third kappa shape index (κ3) is 3.17. The van der Waals surface area contributed by atoms with E-state index in [-0.39, 0.29) is 11.8 Å². The molecule has 1 aliphatic heterocycles. The first kappa shape index (κ1) is 14.5. The van der Waals surface area contributed by atoms with Gasteiger partial charge in [-0.2, -0.15) is 0 Å². The van der Waals surface area contributed by atoms with Gasteiger partial charge in [0.05, 0.1) is 0 Å². The predicted molar refractivity (Wildman–Crippen MR) is 78.8 cm³/mol. The molecule has 0 saturated carbocycles. The lowest BCUT2D eigenvalue weighted by Gasteiger charge is -2.19. The third-order valence-electron chi connectivity index (χ3n) is 3.32. The monoisotopic (exact) mass is 275 g/mol. The molecule has 20 heavy (non-hydrogen) atoms. The Hall–Kier alpha value is -1.88. The van der Waals surface area contributed by atoms with E-state index in [2.05, 4.69) is 5.32 Å². The summed E-state index contributed by atoms with van der Waals surface area (Å²) in [6, 6.07) is 5.45. The average Bonchev–Trinajstić information content (AvgIpc) is 2.77. The molecule has 0 unspecified atom stereocenters. The SMILES string of the molecule is CC(=O)N1CCc2cc(C(=O)NCC(C)(C)N)ccc21. The molecule has 1 heterocycles. The normalized spacial score (nSPS) is 14.1. The summed E-state index contributed by atoms with van der Waals surface area (Å²) in [5, 5.41) is 2.82. The van der Waals surface area contributed by atoms with Crippen LogP contribution in [0.15, 0.2) is 18.2 Å². The number of amides is 2. The Balaban J connectivity index is 2.13. The van der Waals surface area contributed by atoms with Crippen molar-refractivity contribution in [3.8, 4) is 0 Å². The summed E-state index contributed by atoms with van der Waals surface area (Å²) in [6.07, 6.45) is 0.790. The highest BCUT2D eigenvalue weighted by molar-refractivity contribution is 5.97. The zero-order valence-corrected chi connectivity index (χ0v) is 12.2. The number of anilines is 1. The van der Waals surface area contributed by atoms with E-state index in [1.54, 1.807) is 17.9 Å². The van der Waals surface area contributed by atoms with Gasteiger partial charge < -0.3 is 16.0 Å². The summed E-state index contributed by atoms with van der Waals surface area (Å²) in [5.41, 5.74) is 7.97. The van der Waals surface area contributed by atoms with Crippen LogP contribution in [0.5, 0.6) is 0 Å². The molecule has 0 atom stereocenters. The van der Waals surface area contributed by atoms with Crippen molar-refractivity contribution in [3.63, 3.8) is 0 Å². The van der Waals surface area contributed by atoms with Gasteiger partial charge in [0.15, 0.2) is 0 Å². The fourth-order valence-corrected chi connectivity index (χ4v) is 2.28. The Kier molecular flexibility index (Phi) is 3.81.